The van der Waals surface area contributed by atoms with Crippen LogP contribution in [0.15, 0.2) is 5.38 Å². The van der Waals surface area contributed by atoms with E-state index in [1.165, 1.54) is 0 Å². The molecule has 94 valence electrons. The largest absolute Gasteiger partial charge is 0.376 e. The van der Waals surface area contributed by atoms with Crippen molar-refractivity contribution < 1.29 is 9.53 Å². The van der Waals surface area contributed by atoms with E-state index in [1.54, 1.807) is 11.3 Å². The fraction of sp³-hybridized carbons (Fsp3) is 0.636. The van der Waals surface area contributed by atoms with E-state index in [9.17, 15) is 4.79 Å². The Morgan fingerprint density at radius 3 is 3.18 bits per heavy atom. The van der Waals surface area contributed by atoms with E-state index in [0.29, 0.717) is 13.1 Å². The Balaban J connectivity index is 1.63. The highest BCUT2D eigenvalue weighted by Crippen LogP contribution is 2.10. The number of amides is 2. The first-order valence-electron chi connectivity index (χ1n) is 5.78. The quantitative estimate of drug-likeness (QED) is 0.855. The minimum absolute atomic E-state index is 0.161. The van der Waals surface area contributed by atoms with Gasteiger partial charge in [-0.2, -0.15) is 0 Å². The van der Waals surface area contributed by atoms with Crippen molar-refractivity contribution in [2.45, 2.75) is 32.4 Å². The molecule has 1 aromatic heterocycles. The molecule has 2 rings (SSSR count). The highest BCUT2D eigenvalue weighted by molar-refractivity contribution is 7.09. The van der Waals surface area contributed by atoms with Gasteiger partial charge in [0.05, 0.1) is 23.4 Å². The van der Waals surface area contributed by atoms with E-state index in [2.05, 4.69) is 15.6 Å². The second kappa shape index (κ2) is 5.97. The summed E-state index contributed by atoms with van der Waals surface area (Å²) in [5.41, 5.74) is 0.903. The molecule has 1 aromatic rings. The molecule has 1 aliphatic heterocycles. The second-order valence-electron chi connectivity index (χ2n) is 4.06. The molecule has 1 atom stereocenters. The van der Waals surface area contributed by atoms with Crippen molar-refractivity contribution in [3.05, 3.63) is 16.1 Å². The Labute approximate surface area is 105 Å². The zero-order chi connectivity index (χ0) is 12.1. The number of rotatable bonds is 4. The minimum Gasteiger partial charge on any atom is -0.376 e. The van der Waals surface area contributed by atoms with Gasteiger partial charge in [-0.1, -0.05) is 0 Å². The molecule has 6 heteroatoms. The zero-order valence-corrected chi connectivity index (χ0v) is 10.7. The summed E-state index contributed by atoms with van der Waals surface area (Å²) in [6.07, 6.45) is 2.31. The van der Waals surface area contributed by atoms with Gasteiger partial charge in [0.15, 0.2) is 0 Å². The first-order chi connectivity index (χ1) is 8.24. The second-order valence-corrected chi connectivity index (χ2v) is 5.12. The molecule has 0 saturated carbocycles. The van der Waals surface area contributed by atoms with Crippen LogP contribution in [0.1, 0.15) is 23.5 Å². The first kappa shape index (κ1) is 12.3. The predicted molar refractivity (Wildman–Crippen MR) is 66.1 cm³/mol. The maximum absolute atomic E-state index is 11.5. The SMILES string of the molecule is Cc1nc(CNC(=O)NCC2CCCO2)cs1. The van der Waals surface area contributed by atoms with E-state index in [0.717, 1.165) is 30.2 Å². The molecule has 1 unspecified atom stereocenters. The molecule has 2 N–H and O–H groups in total. The number of hydrogen-bond donors (Lipinski definition) is 2. The maximum Gasteiger partial charge on any atom is 0.315 e. The minimum atomic E-state index is -0.161. The fourth-order valence-corrected chi connectivity index (χ4v) is 2.35. The van der Waals surface area contributed by atoms with Crippen LogP contribution in [0.4, 0.5) is 4.79 Å². The molecule has 0 aromatic carbocycles. The number of carbonyl (C=O) groups is 1. The van der Waals surface area contributed by atoms with Gasteiger partial charge < -0.3 is 15.4 Å². The fourth-order valence-electron chi connectivity index (χ4n) is 1.73. The average molecular weight is 255 g/mol. The Morgan fingerprint density at radius 2 is 2.53 bits per heavy atom. The van der Waals surface area contributed by atoms with Crippen LogP contribution in [0.5, 0.6) is 0 Å². The Kier molecular flexibility index (Phi) is 4.33. The molecule has 0 spiro atoms. The topological polar surface area (TPSA) is 63.2 Å². The predicted octanol–water partition coefficient (Wildman–Crippen LogP) is 1.43. The van der Waals surface area contributed by atoms with Crippen molar-refractivity contribution in [1.82, 2.24) is 15.6 Å². The highest BCUT2D eigenvalue weighted by atomic mass is 32.1. The summed E-state index contributed by atoms with van der Waals surface area (Å²) in [6, 6.07) is -0.161. The maximum atomic E-state index is 11.5. The molecule has 2 amide bonds. The summed E-state index contributed by atoms with van der Waals surface area (Å²) in [4.78, 5) is 15.7. The van der Waals surface area contributed by atoms with Crippen molar-refractivity contribution in [3.8, 4) is 0 Å². The van der Waals surface area contributed by atoms with Gasteiger partial charge >= 0.3 is 6.03 Å². The molecule has 5 nitrogen and oxygen atoms in total. The average Bonchev–Trinajstić information content (AvgIpc) is 2.95. The zero-order valence-electron chi connectivity index (χ0n) is 9.86. The summed E-state index contributed by atoms with van der Waals surface area (Å²) in [6.45, 7) is 3.82. The van der Waals surface area contributed by atoms with Crippen LogP contribution in [0, 0.1) is 6.92 Å². The Morgan fingerprint density at radius 1 is 1.65 bits per heavy atom. The van der Waals surface area contributed by atoms with Crippen molar-refractivity contribution >= 4 is 17.4 Å². The highest BCUT2D eigenvalue weighted by Gasteiger charge is 2.15. The molecule has 1 aliphatic rings. The smallest absolute Gasteiger partial charge is 0.315 e. The summed E-state index contributed by atoms with van der Waals surface area (Å²) >= 11 is 1.59. The van der Waals surface area contributed by atoms with E-state index in [1.807, 2.05) is 12.3 Å². The normalized spacial score (nSPS) is 19.2. The van der Waals surface area contributed by atoms with Crippen molar-refractivity contribution in [2.75, 3.05) is 13.2 Å². The standard InChI is InChI=1S/C11H17N3O2S/c1-8-14-9(7-17-8)5-12-11(15)13-6-10-3-2-4-16-10/h7,10H,2-6H2,1H3,(H2,12,13,15). The lowest BCUT2D eigenvalue weighted by molar-refractivity contribution is 0.111. The number of ether oxygens (including phenoxy) is 1. The van der Waals surface area contributed by atoms with Gasteiger partial charge in [0.2, 0.25) is 0 Å². The monoisotopic (exact) mass is 255 g/mol. The van der Waals surface area contributed by atoms with E-state index >= 15 is 0 Å². The van der Waals surface area contributed by atoms with Gasteiger partial charge in [0, 0.05) is 18.5 Å². The molecule has 17 heavy (non-hydrogen) atoms. The van der Waals surface area contributed by atoms with E-state index < -0.39 is 0 Å². The van der Waals surface area contributed by atoms with Crippen LogP contribution >= 0.6 is 11.3 Å². The van der Waals surface area contributed by atoms with Crippen molar-refractivity contribution in [2.24, 2.45) is 0 Å². The van der Waals surface area contributed by atoms with Crippen LogP contribution in [-0.4, -0.2) is 30.3 Å². The lowest BCUT2D eigenvalue weighted by Crippen LogP contribution is -2.39. The lowest BCUT2D eigenvalue weighted by Gasteiger charge is -2.11. The van der Waals surface area contributed by atoms with Crippen LogP contribution in [-0.2, 0) is 11.3 Å². The molecule has 0 aliphatic carbocycles. The van der Waals surface area contributed by atoms with Gasteiger partial charge in [-0.15, -0.1) is 11.3 Å². The number of nitrogens with one attached hydrogen (secondary N) is 2. The number of nitrogens with zero attached hydrogens (tertiary/aromatic N) is 1. The Hall–Kier alpha value is -1.14. The van der Waals surface area contributed by atoms with Gasteiger partial charge in [-0.3, -0.25) is 0 Å². The van der Waals surface area contributed by atoms with Crippen molar-refractivity contribution in [3.63, 3.8) is 0 Å². The summed E-state index contributed by atoms with van der Waals surface area (Å²) in [5, 5.41) is 8.55. The third kappa shape index (κ3) is 3.98. The van der Waals surface area contributed by atoms with E-state index in [-0.39, 0.29) is 12.1 Å². The van der Waals surface area contributed by atoms with Crippen LogP contribution in [0.2, 0.25) is 0 Å². The number of carbonyl (C=O) groups excluding carboxylic acids is 1. The number of aromatic nitrogens is 1. The third-order valence-electron chi connectivity index (χ3n) is 2.61. The van der Waals surface area contributed by atoms with Gasteiger partial charge in [0.25, 0.3) is 0 Å². The molecule has 0 radical (unpaired) electrons. The van der Waals surface area contributed by atoms with Gasteiger partial charge in [0.1, 0.15) is 0 Å². The lowest BCUT2D eigenvalue weighted by atomic mass is 10.2. The third-order valence-corrected chi connectivity index (χ3v) is 3.43. The molecule has 1 fully saturated rings. The number of aryl methyl sites for hydroxylation is 1. The summed E-state index contributed by atoms with van der Waals surface area (Å²) in [7, 11) is 0. The Bertz CT molecular complexity index is 375. The first-order valence-corrected chi connectivity index (χ1v) is 6.66. The number of hydrogen-bond acceptors (Lipinski definition) is 4. The number of urea groups is 1. The molecule has 0 bridgehead atoms. The number of thiazole rings is 1. The van der Waals surface area contributed by atoms with Crippen LogP contribution in [0.25, 0.3) is 0 Å². The van der Waals surface area contributed by atoms with Crippen LogP contribution in [0.3, 0.4) is 0 Å². The summed E-state index contributed by atoms with van der Waals surface area (Å²) < 4.78 is 5.42. The van der Waals surface area contributed by atoms with Crippen molar-refractivity contribution in [1.29, 1.82) is 0 Å². The molecule has 1 saturated heterocycles. The van der Waals surface area contributed by atoms with Crippen LogP contribution < -0.4 is 10.6 Å². The van der Waals surface area contributed by atoms with E-state index in [4.69, 9.17) is 4.74 Å². The molecular formula is C11H17N3O2S. The molecule has 2 heterocycles. The molecular weight excluding hydrogens is 238 g/mol. The summed E-state index contributed by atoms with van der Waals surface area (Å²) in [5.74, 6) is 0. The van der Waals surface area contributed by atoms with Gasteiger partial charge in [-0.25, -0.2) is 9.78 Å². The van der Waals surface area contributed by atoms with Gasteiger partial charge in [-0.05, 0) is 19.8 Å².